The minimum Gasteiger partial charge on any atom is -0.326 e. The molecule has 31 heavy (non-hydrogen) atoms. The lowest BCUT2D eigenvalue weighted by Crippen LogP contribution is -2.41. The van der Waals surface area contributed by atoms with Crippen LogP contribution >= 0.6 is 11.6 Å². The van der Waals surface area contributed by atoms with Crippen LogP contribution in [0.5, 0.6) is 0 Å². The summed E-state index contributed by atoms with van der Waals surface area (Å²) in [5, 5.41) is 2.31. The van der Waals surface area contributed by atoms with Crippen LogP contribution in [-0.2, 0) is 21.0 Å². The quantitative estimate of drug-likeness (QED) is 0.677. The zero-order chi connectivity index (χ0) is 23.0. The van der Waals surface area contributed by atoms with E-state index >= 15 is 0 Å². The van der Waals surface area contributed by atoms with Crippen molar-refractivity contribution in [3.63, 3.8) is 0 Å². The van der Waals surface area contributed by atoms with Crippen molar-refractivity contribution in [2.45, 2.75) is 37.8 Å². The minimum absolute atomic E-state index is 0.0390. The Morgan fingerprint density at radius 3 is 2.32 bits per heavy atom. The van der Waals surface area contributed by atoms with Crippen molar-refractivity contribution in [3.05, 3.63) is 58.1 Å². The van der Waals surface area contributed by atoms with E-state index in [0.717, 1.165) is 27.6 Å². The molecule has 1 heterocycles. The molecule has 168 valence electrons. The number of piperidine rings is 1. The summed E-state index contributed by atoms with van der Waals surface area (Å²) < 4.78 is 66.1. The topological polar surface area (TPSA) is 66.5 Å². The highest BCUT2D eigenvalue weighted by molar-refractivity contribution is 7.89. The SMILES string of the molecule is Cc1ccc(NC(=O)C2CCN(S(=O)(=O)c3ccc(Cl)c(C(F)(F)F)c3)CC2)c(C)c1. The van der Waals surface area contributed by atoms with Crippen molar-refractivity contribution in [3.8, 4) is 0 Å². The number of alkyl halides is 3. The molecule has 0 aromatic heterocycles. The lowest BCUT2D eigenvalue weighted by Gasteiger charge is -2.30. The number of carbonyl (C=O) groups excluding carboxylic acids is 1. The standard InChI is InChI=1S/C21H22ClF3N2O3S/c1-13-3-6-19(14(2)11-13)26-20(28)15-7-9-27(10-8-15)31(29,30)16-4-5-18(22)17(12-16)21(23,24)25/h3-6,11-12,15H,7-10H2,1-2H3,(H,26,28). The first kappa shape index (κ1) is 23.6. The number of sulfonamides is 1. The number of halogens is 4. The van der Waals surface area contributed by atoms with Crippen molar-refractivity contribution in [2.75, 3.05) is 18.4 Å². The molecule has 5 nitrogen and oxygen atoms in total. The highest BCUT2D eigenvalue weighted by Crippen LogP contribution is 2.37. The van der Waals surface area contributed by atoms with Gasteiger partial charge in [-0.25, -0.2) is 8.42 Å². The summed E-state index contributed by atoms with van der Waals surface area (Å²) in [6.07, 6.45) is -4.22. The Bertz CT molecular complexity index is 1100. The third-order valence-electron chi connectivity index (χ3n) is 5.35. The fourth-order valence-corrected chi connectivity index (χ4v) is 5.30. The third kappa shape index (κ3) is 5.22. The largest absolute Gasteiger partial charge is 0.417 e. The van der Waals surface area contributed by atoms with Gasteiger partial charge in [0.2, 0.25) is 15.9 Å². The number of carbonyl (C=O) groups is 1. The van der Waals surface area contributed by atoms with Crippen LogP contribution in [0.25, 0.3) is 0 Å². The van der Waals surface area contributed by atoms with Crippen molar-refractivity contribution in [1.29, 1.82) is 0 Å². The Balaban J connectivity index is 1.69. The second-order valence-corrected chi connectivity index (χ2v) is 9.97. The van der Waals surface area contributed by atoms with Gasteiger partial charge in [0, 0.05) is 24.7 Å². The molecule has 0 atom stereocenters. The van der Waals surface area contributed by atoms with Crippen molar-refractivity contribution >= 4 is 33.2 Å². The predicted molar refractivity (Wildman–Crippen MR) is 112 cm³/mol. The number of anilines is 1. The molecule has 1 aliphatic rings. The van der Waals surface area contributed by atoms with Crippen LogP contribution in [0.1, 0.15) is 29.5 Å². The van der Waals surface area contributed by atoms with Gasteiger partial charge in [0.05, 0.1) is 15.5 Å². The summed E-state index contributed by atoms with van der Waals surface area (Å²) in [4.78, 5) is 12.1. The van der Waals surface area contributed by atoms with Gasteiger partial charge in [-0.15, -0.1) is 0 Å². The lowest BCUT2D eigenvalue weighted by atomic mass is 9.97. The average Bonchev–Trinajstić information content (AvgIpc) is 2.69. The molecule has 1 aliphatic heterocycles. The van der Waals surface area contributed by atoms with Crippen LogP contribution in [0.15, 0.2) is 41.3 Å². The number of hydrogen-bond acceptors (Lipinski definition) is 3. The predicted octanol–water partition coefficient (Wildman–Crippen LogP) is 5.02. The second-order valence-electron chi connectivity index (χ2n) is 7.63. The van der Waals surface area contributed by atoms with Gasteiger partial charge >= 0.3 is 6.18 Å². The molecule has 1 amide bonds. The molecule has 2 aromatic carbocycles. The Morgan fingerprint density at radius 1 is 1.10 bits per heavy atom. The summed E-state index contributed by atoms with van der Waals surface area (Å²) in [6.45, 7) is 3.92. The van der Waals surface area contributed by atoms with Crippen LogP contribution in [-0.4, -0.2) is 31.7 Å². The van der Waals surface area contributed by atoms with Crippen LogP contribution in [0.2, 0.25) is 5.02 Å². The number of nitrogens with one attached hydrogen (secondary N) is 1. The van der Waals surface area contributed by atoms with E-state index in [1.807, 2.05) is 32.0 Å². The number of hydrogen-bond donors (Lipinski definition) is 1. The van der Waals surface area contributed by atoms with E-state index < -0.39 is 31.7 Å². The molecule has 3 rings (SSSR count). The molecule has 1 fully saturated rings. The highest BCUT2D eigenvalue weighted by atomic mass is 35.5. The molecule has 0 bridgehead atoms. The van der Waals surface area contributed by atoms with Crippen LogP contribution in [0.4, 0.5) is 18.9 Å². The zero-order valence-corrected chi connectivity index (χ0v) is 18.5. The number of nitrogens with zero attached hydrogens (tertiary/aromatic N) is 1. The molecule has 0 unspecified atom stereocenters. The fourth-order valence-electron chi connectivity index (χ4n) is 3.58. The highest BCUT2D eigenvalue weighted by Gasteiger charge is 2.37. The molecular formula is C21H22ClF3N2O3S. The van der Waals surface area contributed by atoms with Gasteiger partial charge in [0.25, 0.3) is 0 Å². The fraction of sp³-hybridized carbons (Fsp3) is 0.381. The second kappa shape index (κ2) is 8.80. The normalized spacial score (nSPS) is 16.3. The monoisotopic (exact) mass is 474 g/mol. The first-order valence-corrected chi connectivity index (χ1v) is 11.5. The maximum Gasteiger partial charge on any atom is 0.417 e. The molecule has 0 saturated carbocycles. The molecule has 0 aliphatic carbocycles. The molecule has 2 aromatic rings. The summed E-state index contributed by atoms with van der Waals surface area (Å²) in [5.41, 5.74) is 1.51. The Kier molecular flexibility index (Phi) is 6.69. The van der Waals surface area contributed by atoms with Crippen LogP contribution < -0.4 is 5.32 Å². The van der Waals surface area contributed by atoms with E-state index in [4.69, 9.17) is 11.6 Å². The summed E-state index contributed by atoms with van der Waals surface area (Å²) in [7, 11) is -4.14. The molecular weight excluding hydrogens is 453 g/mol. The van der Waals surface area contributed by atoms with Gasteiger partial charge < -0.3 is 5.32 Å². The first-order chi connectivity index (χ1) is 14.4. The maximum absolute atomic E-state index is 13.1. The van der Waals surface area contributed by atoms with Gasteiger partial charge in [0.15, 0.2) is 0 Å². The van der Waals surface area contributed by atoms with Crippen molar-refractivity contribution in [1.82, 2.24) is 4.31 Å². The number of rotatable bonds is 4. The van der Waals surface area contributed by atoms with E-state index in [2.05, 4.69) is 5.32 Å². The Hall–Kier alpha value is -2.10. The molecule has 1 N–H and O–H groups in total. The smallest absolute Gasteiger partial charge is 0.326 e. The summed E-state index contributed by atoms with van der Waals surface area (Å²) in [6, 6.07) is 8.20. The van der Waals surface area contributed by atoms with Gasteiger partial charge in [-0.1, -0.05) is 29.3 Å². The van der Waals surface area contributed by atoms with E-state index in [1.54, 1.807) is 0 Å². The van der Waals surface area contributed by atoms with Crippen LogP contribution in [0, 0.1) is 19.8 Å². The average molecular weight is 475 g/mol. The molecule has 0 radical (unpaired) electrons. The Labute approximate surface area is 184 Å². The molecule has 0 spiro atoms. The van der Waals surface area contributed by atoms with E-state index in [9.17, 15) is 26.4 Å². The lowest BCUT2D eigenvalue weighted by molar-refractivity contribution is -0.137. The van der Waals surface area contributed by atoms with E-state index in [-0.39, 0.29) is 37.8 Å². The Morgan fingerprint density at radius 2 is 1.74 bits per heavy atom. The van der Waals surface area contributed by atoms with Gasteiger partial charge in [-0.05, 0) is 56.5 Å². The minimum atomic E-state index is -4.76. The number of benzene rings is 2. The maximum atomic E-state index is 13.1. The molecule has 10 heteroatoms. The summed E-state index contributed by atoms with van der Waals surface area (Å²) in [5.74, 6) is -0.585. The number of aryl methyl sites for hydroxylation is 2. The first-order valence-electron chi connectivity index (χ1n) is 9.64. The zero-order valence-electron chi connectivity index (χ0n) is 17.0. The van der Waals surface area contributed by atoms with Crippen LogP contribution in [0.3, 0.4) is 0 Å². The van der Waals surface area contributed by atoms with E-state index in [0.29, 0.717) is 11.8 Å². The van der Waals surface area contributed by atoms with Gasteiger partial charge in [-0.2, -0.15) is 17.5 Å². The van der Waals surface area contributed by atoms with Gasteiger partial charge in [0.1, 0.15) is 0 Å². The number of amides is 1. The third-order valence-corrected chi connectivity index (χ3v) is 7.57. The molecule has 1 saturated heterocycles. The van der Waals surface area contributed by atoms with Crippen molar-refractivity contribution < 1.29 is 26.4 Å². The van der Waals surface area contributed by atoms with E-state index in [1.165, 1.54) is 0 Å². The van der Waals surface area contributed by atoms with Gasteiger partial charge in [-0.3, -0.25) is 4.79 Å². The van der Waals surface area contributed by atoms with Crippen molar-refractivity contribution in [2.24, 2.45) is 5.92 Å². The summed E-state index contributed by atoms with van der Waals surface area (Å²) >= 11 is 5.58.